The van der Waals surface area contributed by atoms with Gasteiger partial charge in [-0.15, -0.1) is 0 Å². The van der Waals surface area contributed by atoms with Gasteiger partial charge in [0, 0.05) is 29.9 Å². The number of rotatable bonds is 2. The van der Waals surface area contributed by atoms with E-state index < -0.39 is 0 Å². The van der Waals surface area contributed by atoms with E-state index in [0.29, 0.717) is 29.0 Å². The third-order valence-corrected chi connectivity index (χ3v) is 3.77. The number of nitrogens with one attached hydrogen (secondary N) is 2. The van der Waals surface area contributed by atoms with Gasteiger partial charge in [0.15, 0.2) is 11.4 Å². The van der Waals surface area contributed by atoms with Crippen molar-refractivity contribution in [2.45, 2.75) is 6.42 Å². The highest BCUT2D eigenvalue weighted by Gasteiger charge is 2.14. The number of aromatic amines is 2. The number of nitrogens with two attached hydrogens (primary N) is 1. The molecule has 0 aliphatic heterocycles. The van der Waals surface area contributed by atoms with Crippen molar-refractivity contribution >= 4 is 16.9 Å². The van der Waals surface area contributed by atoms with Crippen LogP contribution in [0.1, 0.15) is 11.1 Å². The average Bonchev–Trinajstić information content (AvgIpc) is 2.86. The van der Waals surface area contributed by atoms with Crippen LogP contribution in [0.3, 0.4) is 0 Å². The van der Waals surface area contributed by atoms with Crippen LogP contribution in [0, 0.1) is 0 Å². The maximum absolute atomic E-state index is 11.4. The van der Waals surface area contributed by atoms with Crippen LogP contribution < -0.4 is 16.2 Å². The summed E-state index contributed by atoms with van der Waals surface area (Å²) in [5, 5.41) is 0. The lowest BCUT2D eigenvalue weighted by Gasteiger charge is -2.11. The number of hydrogen-bond acceptors (Lipinski definition) is 4. The lowest BCUT2D eigenvalue weighted by atomic mass is 10.0. The Morgan fingerprint density at radius 1 is 1.13 bits per heavy atom. The van der Waals surface area contributed by atoms with E-state index in [4.69, 9.17) is 10.5 Å². The highest BCUT2D eigenvalue weighted by atomic mass is 16.5. The van der Waals surface area contributed by atoms with Crippen LogP contribution in [0.2, 0.25) is 0 Å². The van der Waals surface area contributed by atoms with Crippen LogP contribution in [0.5, 0.6) is 5.75 Å². The number of aromatic nitrogens is 3. The number of ether oxygens (including phenoxy) is 1. The average molecular weight is 306 g/mol. The van der Waals surface area contributed by atoms with Gasteiger partial charge < -0.3 is 15.5 Å². The first-order valence-electron chi connectivity index (χ1n) is 7.20. The molecule has 2 aromatic heterocycles. The molecular formula is C17H14N4O2. The minimum atomic E-state index is -0.312. The predicted octanol–water partition coefficient (Wildman–Crippen LogP) is 2.07. The zero-order chi connectivity index (χ0) is 15.8. The van der Waals surface area contributed by atoms with Crippen LogP contribution in [0.15, 0.2) is 59.2 Å². The summed E-state index contributed by atoms with van der Waals surface area (Å²) in [4.78, 5) is 20.9. The molecule has 0 saturated carbocycles. The van der Waals surface area contributed by atoms with Crippen LogP contribution in [0.4, 0.5) is 0 Å². The first-order chi connectivity index (χ1) is 11.2. The zero-order valence-electron chi connectivity index (χ0n) is 12.2. The molecule has 0 fully saturated rings. The second-order valence-electron chi connectivity index (χ2n) is 5.30. The molecule has 4 rings (SSSR count). The largest absolute Gasteiger partial charge is 0.459 e. The first kappa shape index (κ1) is 13.4. The highest BCUT2D eigenvalue weighted by molar-refractivity contribution is 5.77. The molecule has 114 valence electrons. The Labute approximate surface area is 131 Å². The molecule has 0 atom stereocenters. The number of nitrogens with zero attached hydrogens (tertiary/aromatic N) is 1. The molecule has 3 aromatic rings. The molecule has 1 aliphatic carbocycles. The van der Waals surface area contributed by atoms with Gasteiger partial charge in [-0.25, -0.2) is 9.78 Å². The summed E-state index contributed by atoms with van der Waals surface area (Å²) in [7, 11) is 0. The van der Waals surface area contributed by atoms with Gasteiger partial charge in [0.05, 0.1) is 0 Å². The summed E-state index contributed by atoms with van der Waals surface area (Å²) in [6.45, 7) is 0. The molecule has 0 amide bonds. The Kier molecular flexibility index (Phi) is 3.01. The smallest absolute Gasteiger partial charge is 0.325 e. The molecule has 0 bridgehead atoms. The Bertz CT molecular complexity index is 1010. The van der Waals surface area contributed by atoms with Gasteiger partial charge in [-0.1, -0.05) is 24.3 Å². The molecule has 2 heterocycles. The van der Waals surface area contributed by atoms with E-state index in [9.17, 15) is 4.79 Å². The monoisotopic (exact) mass is 306 g/mol. The normalized spacial score (nSPS) is 13.9. The lowest BCUT2D eigenvalue weighted by molar-refractivity contribution is 0.417. The van der Waals surface area contributed by atoms with Crippen molar-refractivity contribution in [3.63, 3.8) is 0 Å². The molecule has 0 spiro atoms. The fraction of sp³-hybridized carbons (Fsp3) is 0.0588. The van der Waals surface area contributed by atoms with Gasteiger partial charge in [0.25, 0.3) is 0 Å². The number of benzene rings is 1. The van der Waals surface area contributed by atoms with E-state index >= 15 is 0 Å². The van der Waals surface area contributed by atoms with E-state index in [1.54, 1.807) is 12.3 Å². The van der Waals surface area contributed by atoms with Crippen molar-refractivity contribution in [3.8, 4) is 5.75 Å². The summed E-state index contributed by atoms with van der Waals surface area (Å²) >= 11 is 0. The summed E-state index contributed by atoms with van der Waals surface area (Å²) in [5.41, 5.74) is 9.61. The van der Waals surface area contributed by atoms with Crippen LogP contribution in [0.25, 0.3) is 16.9 Å². The first-order valence-corrected chi connectivity index (χ1v) is 7.20. The minimum absolute atomic E-state index is 0.312. The van der Waals surface area contributed by atoms with Crippen molar-refractivity contribution in [1.29, 1.82) is 0 Å². The van der Waals surface area contributed by atoms with Gasteiger partial charge in [0.2, 0.25) is 0 Å². The number of pyridine rings is 1. The Morgan fingerprint density at radius 3 is 2.91 bits per heavy atom. The van der Waals surface area contributed by atoms with Crippen molar-refractivity contribution in [2.24, 2.45) is 5.73 Å². The van der Waals surface area contributed by atoms with Crippen LogP contribution in [-0.2, 0) is 6.42 Å². The maximum atomic E-state index is 11.4. The maximum Gasteiger partial charge on any atom is 0.325 e. The summed E-state index contributed by atoms with van der Waals surface area (Å²) in [5.74, 6) is 1.29. The Balaban J connectivity index is 1.73. The summed E-state index contributed by atoms with van der Waals surface area (Å²) in [6.07, 6.45) is 5.90. The SMILES string of the molecule is NC1=CC=C(Oc2ccnc3[nH]c(=O)[nH]c23)Cc2ccccc21. The van der Waals surface area contributed by atoms with Crippen LogP contribution in [-0.4, -0.2) is 15.0 Å². The van der Waals surface area contributed by atoms with Gasteiger partial charge >= 0.3 is 5.69 Å². The van der Waals surface area contributed by atoms with E-state index in [1.807, 2.05) is 36.4 Å². The molecule has 4 N–H and O–H groups in total. The van der Waals surface area contributed by atoms with E-state index in [1.165, 1.54) is 0 Å². The quantitative estimate of drug-likeness (QED) is 0.675. The molecule has 1 aliphatic rings. The Morgan fingerprint density at radius 2 is 2.00 bits per heavy atom. The second kappa shape index (κ2) is 5.17. The molecule has 0 unspecified atom stereocenters. The number of imidazole rings is 1. The number of H-pyrrole nitrogens is 2. The minimum Gasteiger partial charge on any atom is -0.459 e. The molecule has 6 nitrogen and oxygen atoms in total. The van der Waals surface area contributed by atoms with Crippen molar-refractivity contribution in [2.75, 3.05) is 0 Å². The topological polar surface area (TPSA) is 96.8 Å². The number of allylic oxidation sites excluding steroid dienone is 3. The molecule has 0 radical (unpaired) electrons. The van der Waals surface area contributed by atoms with Gasteiger partial charge in [-0.2, -0.15) is 0 Å². The third-order valence-electron chi connectivity index (χ3n) is 3.77. The molecule has 23 heavy (non-hydrogen) atoms. The summed E-state index contributed by atoms with van der Waals surface area (Å²) < 4.78 is 6.00. The Hall–Kier alpha value is -3.28. The lowest BCUT2D eigenvalue weighted by Crippen LogP contribution is -2.03. The van der Waals surface area contributed by atoms with E-state index in [2.05, 4.69) is 15.0 Å². The molecule has 1 aromatic carbocycles. The van der Waals surface area contributed by atoms with Crippen LogP contribution >= 0.6 is 0 Å². The van der Waals surface area contributed by atoms with Crippen molar-refractivity contribution in [3.05, 3.63) is 76.1 Å². The summed E-state index contributed by atoms with van der Waals surface area (Å²) in [6, 6.07) is 9.67. The van der Waals surface area contributed by atoms with Crippen molar-refractivity contribution in [1.82, 2.24) is 15.0 Å². The zero-order valence-corrected chi connectivity index (χ0v) is 12.2. The van der Waals surface area contributed by atoms with E-state index in [-0.39, 0.29) is 5.69 Å². The number of hydrogen-bond donors (Lipinski definition) is 3. The highest BCUT2D eigenvalue weighted by Crippen LogP contribution is 2.26. The van der Waals surface area contributed by atoms with Gasteiger partial charge in [-0.3, -0.25) is 4.98 Å². The van der Waals surface area contributed by atoms with E-state index in [0.717, 1.165) is 16.9 Å². The van der Waals surface area contributed by atoms with Gasteiger partial charge in [-0.05, 0) is 17.7 Å². The molecule has 0 saturated heterocycles. The fourth-order valence-corrected chi connectivity index (χ4v) is 2.68. The fourth-order valence-electron chi connectivity index (χ4n) is 2.68. The second-order valence-corrected chi connectivity index (χ2v) is 5.30. The van der Waals surface area contributed by atoms with Gasteiger partial charge in [0.1, 0.15) is 11.3 Å². The standard InChI is InChI=1S/C17H14N4O2/c18-13-6-5-11(9-10-3-1-2-4-12(10)13)23-14-7-8-19-16-15(14)20-17(22)21-16/h1-8H,9,18H2,(H2,19,20,21,22). The number of fused-ring (bicyclic) bond motifs is 2. The predicted molar refractivity (Wildman–Crippen MR) is 87.7 cm³/mol. The molecular weight excluding hydrogens is 292 g/mol. The van der Waals surface area contributed by atoms with Crippen molar-refractivity contribution < 1.29 is 4.74 Å². The molecule has 6 heteroatoms. The third kappa shape index (κ3) is 2.40.